The largest absolute Gasteiger partial charge is 0.495 e. The van der Waals surface area contributed by atoms with E-state index in [0.717, 1.165) is 40.0 Å². The van der Waals surface area contributed by atoms with Crippen LogP contribution in [0.5, 0.6) is 5.75 Å². The molecule has 19 heavy (non-hydrogen) atoms. The third kappa shape index (κ3) is 2.33. The van der Waals surface area contributed by atoms with Gasteiger partial charge in [0, 0.05) is 6.42 Å². The number of aryl methyl sites for hydroxylation is 1. The van der Waals surface area contributed by atoms with E-state index in [0.29, 0.717) is 6.42 Å². The number of ether oxygens (including phenoxy) is 1. The Hall–Kier alpha value is -1.88. The molecule has 1 N–H and O–H groups in total. The number of thiazole rings is 1. The van der Waals surface area contributed by atoms with E-state index in [9.17, 15) is 4.79 Å². The summed E-state index contributed by atoms with van der Waals surface area (Å²) in [6.07, 6.45) is 2.44. The van der Waals surface area contributed by atoms with Crippen molar-refractivity contribution in [1.82, 2.24) is 4.98 Å². The molecule has 3 rings (SSSR count). The first kappa shape index (κ1) is 12.2. The normalized spacial score (nSPS) is 14.1. The van der Waals surface area contributed by atoms with Gasteiger partial charge in [-0.3, -0.25) is 4.79 Å². The molecule has 2 aromatic rings. The van der Waals surface area contributed by atoms with Crippen molar-refractivity contribution in [2.45, 2.75) is 19.3 Å². The van der Waals surface area contributed by atoms with Gasteiger partial charge in [0.15, 0.2) is 10.9 Å². The van der Waals surface area contributed by atoms with Crippen molar-refractivity contribution < 1.29 is 9.53 Å². The number of para-hydroxylation sites is 2. The van der Waals surface area contributed by atoms with Gasteiger partial charge in [-0.2, -0.15) is 0 Å². The van der Waals surface area contributed by atoms with E-state index in [1.807, 2.05) is 24.3 Å². The molecule has 0 amide bonds. The molecule has 4 nitrogen and oxygen atoms in total. The zero-order chi connectivity index (χ0) is 13.2. The van der Waals surface area contributed by atoms with Crippen LogP contribution in [0.25, 0.3) is 0 Å². The van der Waals surface area contributed by atoms with E-state index in [1.54, 1.807) is 7.11 Å². The quantitative estimate of drug-likeness (QED) is 0.931. The molecule has 0 radical (unpaired) electrons. The molecular weight excluding hydrogens is 260 g/mol. The summed E-state index contributed by atoms with van der Waals surface area (Å²) in [5, 5.41) is 3.99. The van der Waals surface area contributed by atoms with Crippen LogP contribution in [0.15, 0.2) is 24.3 Å². The Kier molecular flexibility index (Phi) is 3.21. The lowest BCUT2D eigenvalue weighted by Gasteiger charge is -2.07. The summed E-state index contributed by atoms with van der Waals surface area (Å²) in [7, 11) is 1.64. The number of hydrogen-bond acceptors (Lipinski definition) is 5. The average Bonchev–Trinajstić information content (AvgIpc) is 2.83. The highest BCUT2D eigenvalue weighted by atomic mass is 32.1. The van der Waals surface area contributed by atoms with Gasteiger partial charge in [0.2, 0.25) is 0 Å². The van der Waals surface area contributed by atoms with Crippen molar-refractivity contribution >= 4 is 27.9 Å². The predicted octanol–water partition coefficient (Wildman–Crippen LogP) is 3.41. The second kappa shape index (κ2) is 5.01. The van der Waals surface area contributed by atoms with Crippen LogP contribution in [0.1, 0.15) is 28.2 Å². The Bertz CT molecular complexity index is 622. The van der Waals surface area contributed by atoms with Crippen LogP contribution in [0.4, 0.5) is 10.8 Å². The van der Waals surface area contributed by atoms with Crippen molar-refractivity contribution in [2.24, 2.45) is 0 Å². The minimum absolute atomic E-state index is 0.215. The van der Waals surface area contributed by atoms with Crippen molar-refractivity contribution in [2.75, 3.05) is 12.4 Å². The first-order valence-corrected chi connectivity index (χ1v) is 7.02. The lowest BCUT2D eigenvalue weighted by molar-refractivity contribution is 0.0976. The molecule has 0 saturated carbocycles. The minimum atomic E-state index is 0.215. The molecule has 5 heteroatoms. The van der Waals surface area contributed by atoms with Gasteiger partial charge < -0.3 is 10.1 Å². The van der Waals surface area contributed by atoms with Crippen LogP contribution >= 0.6 is 11.3 Å². The summed E-state index contributed by atoms with van der Waals surface area (Å²) >= 11 is 1.43. The highest BCUT2D eigenvalue weighted by Crippen LogP contribution is 2.33. The first-order valence-electron chi connectivity index (χ1n) is 6.21. The molecule has 1 aromatic heterocycles. The molecule has 0 fully saturated rings. The van der Waals surface area contributed by atoms with E-state index >= 15 is 0 Å². The summed E-state index contributed by atoms with van der Waals surface area (Å²) < 4.78 is 5.29. The topological polar surface area (TPSA) is 51.2 Å². The van der Waals surface area contributed by atoms with Crippen molar-refractivity contribution in [1.29, 1.82) is 0 Å². The molecule has 0 spiro atoms. The fourth-order valence-corrected chi connectivity index (χ4v) is 3.18. The number of Topliss-reactive ketones (excluding diaryl/α,β-unsaturated/α-hetero) is 1. The van der Waals surface area contributed by atoms with Crippen LogP contribution in [-0.2, 0) is 6.42 Å². The fourth-order valence-electron chi connectivity index (χ4n) is 2.19. The molecule has 0 unspecified atom stereocenters. The number of ketones is 1. The van der Waals surface area contributed by atoms with E-state index < -0.39 is 0 Å². The molecule has 98 valence electrons. The molecule has 0 aliphatic heterocycles. The second-order valence-corrected chi connectivity index (χ2v) is 5.40. The number of hydrogen-bond donors (Lipinski definition) is 1. The number of anilines is 2. The third-order valence-electron chi connectivity index (χ3n) is 3.12. The molecule has 0 saturated heterocycles. The number of nitrogens with one attached hydrogen (secondary N) is 1. The smallest absolute Gasteiger partial charge is 0.188 e. The van der Waals surface area contributed by atoms with Gasteiger partial charge in [0.1, 0.15) is 5.75 Å². The van der Waals surface area contributed by atoms with E-state index in [4.69, 9.17) is 4.74 Å². The van der Waals surface area contributed by atoms with Gasteiger partial charge in [0.25, 0.3) is 0 Å². The fraction of sp³-hybridized carbons (Fsp3) is 0.286. The summed E-state index contributed by atoms with van der Waals surface area (Å²) in [5.41, 5.74) is 1.79. The van der Waals surface area contributed by atoms with Crippen molar-refractivity contribution in [3.05, 3.63) is 34.8 Å². The lowest BCUT2D eigenvalue weighted by atomic mass is 10.0. The van der Waals surface area contributed by atoms with Gasteiger partial charge in [-0.25, -0.2) is 4.98 Å². The zero-order valence-corrected chi connectivity index (χ0v) is 11.4. The summed E-state index contributed by atoms with van der Waals surface area (Å²) in [6, 6.07) is 7.67. The van der Waals surface area contributed by atoms with Crippen molar-refractivity contribution in [3.8, 4) is 5.75 Å². The highest BCUT2D eigenvalue weighted by Gasteiger charge is 2.22. The van der Waals surface area contributed by atoms with E-state index in [1.165, 1.54) is 11.3 Å². The monoisotopic (exact) mass is 274 g/mol. The molecule has 1 heterocycles. The maximum absolute atomic E-state index is 11.8. The number of fused-ring (bicyclic) bond motifs is 1. The number of carbonyl (C=O) groups excluding carboxylic acids is 1. The van der Waals surface area contributed by atoms with Gasteiger partial charge in [0.05, 0.1) is 23.4 Å². The molecule has 0 atom stereocenters. The van der Waals surface area contributed by atoms with Crippen LogP contribution in [0.2, 0.25) is 0 Å². The first-order chi connectivity index (χ1) is 9.28. The number of carbonyl (C=O) groups is 1. The third-order valence-corrected chi connectivity index (χ3v) is 4.17. The average molecular weight is 274 g/mol. The zero-order valence-electron chi connectivity index (χ0n) is 10.6. The molecular formula is C14H14N2O2S. The van der Waals surface area contributed by atoms with Crippen LogP contribution in [-0.4, -0.2) is 17.9 Å². The maximum atomic E-state index is 11.8. The number of methoxy groups -OCH3 is 1. The Morgan fingerprint density at radius 2 is 2.16 bits per heavy atom. The number of rotatable bonds is 3. The SMILES string of the molecule is COc1ccccc1Nc1nc2c(s1)C(=O)CCC2. The number of nitrogens with zero attached hydrogens (tertiary/aromatic N) is 1. The Morgan fingerprint density at radius 3 is 2.95 bits per heavy atom. The van der Waals surface area contributed by atoms with Gasteiger partial charge >= 0.3 is 0 Å². The summed E-state index contributed by atoms with van der Waals surface area (Å²) in [6.45, 7) is 0. The van der Waals surface area contributed by atoms with E-state index in [-0.39, 0.29) is 5.78 Å². The number of aromatic nitrogens is 1. The van der Waals surface area contributed by atoms with Crippen molar-refractivity contribution in [3.63, 3.8) is 0 Å². The van der Waals surface area contributed by atoms with Crippen LogP contribution < -0.4 is 10.1 Å². The van der Waals surface area contributed by atoms with E-state index in [2.05, 4.69) is 10.3 Å². The second-order valence-electron chi connectivity index (χ2n) is 4.40. The Labute approximate surface area is 115 Å². The van der Waals surface area contributed by atoms with Crippen LogP contribution in [0.3, 0.4) is 0 Å². The number of benzene rings is 1. The lowest BCUT2D eigenvalue weighted by Crippen LogP contribution is -2.07. The molecule has 1 aliphatic carbocycles. The van der Waals surface area contributed by atoms with Gasteiger partial charge in [-0.1, -0.05) is 23.5 Å². The Morgan fingerprint density at radius 1 is 1.32 bits per heavy atom. The van der Waals surface area contributed by atoms with Gasteiger partial charge in [-0.05, 0) is 25.0 Å². The highest BCUT2D eigenvalue weighted by molar-refractivity contribution is 7.17. The molecule has 1 aromatic carbocycles. The Balaban J connectivity index is 1.90. The predicted molar refractivity (Wildman–Crippen MR) is 75.7 cm³/mol. The van der Waals surface area contributed by atoms with Gasteiger partial charge in [-0.15, -0.1) is 0 Å². The molecule has 1 aliphatic rings. The summed E-state index contributed by atoms with van der Waals surface area (Å²) in [5.74, 6) is 0.980. The summed E-state index contributed by atoms with van der Waals surface area (Å²) in [4.78, 5) is 17.1. The van der Waals surface area contributed by atoms with Crippen LogP contribution in [0, 0.1) is 0 Å². The minimum Gasteiger partial charge on any atom is -0.495 e. The standard InChI is InChI=1S/C14H14N2O2S/c1-18-12-8-3-2-5-9(12)15-14-16-10-6-4-7-11(17)13(10)19-14/h2-3,5,8H,4,6-7H2,1H3,(H,15,16). The maximum Gasteiger partial charge on any atom is 0.188 e. The molecule has 0 bridgehead atoms.